The van der Waals surface area contributed by atoms with Crippen LogP contribution in [0.15, 0.2) is 22.8 Å². The van der Waals surface area contributed by atoms with Crippen LogP contribution >= 0.6 is 11.6 Å². The lowest BCUT2D eigenvalue weighted by molar-refractivity contribution is -0.124. The first kappa shape index (κ1) is 9.33. The Balaban J connectivity index is 2.81. The van der Waals surface area contributed by atoms with Gasteiger partial charge in [-0.15, -0.1) is 0 Å². The molecule has 0 unspecified atom stereocenters. The summed E-state index contributed by atoms with van der Waals surface area (Å²) in [6.07, 6.45) is 5.62. The van der Waals surface area contributed by atoms with Crippen LogP contribution < -0.4 is 0 Å². The molecular weight excluding hydrogens is 174 g/mol. The summed E-state index contributed by atoms with van der Waals surface area (Å²) in [6, 6.07) is 0. The van der Waals surface area contributed by atoms with Gasteiger partial charge < -0.3 is 4.90 Å². The standard InChI is InChI=1S/C9H12ClNO/c1-11(2)9(12)7-5-3-4-6-8(7)10/h5-6H,3-4H2,1-2H3. The van der Waals surface area contributed by atoms with Gasteiger partial charge in [0.25, 0.3) is 5.91 Å². The number of amides is 1. The molecule has 0 atom stereocenters. The van der Waals surface area contributed by atoms with E-state index in [0.717, 1.165) is 12.8 Å². The fourth-order valence-electron chi connectivity index (χ4n) is 1.08. The van der Waals surface area contributed by atoms with Gasteiger partial charge in [-0.25, -0.2) is 0 Å². The van der Waals surface area contributed by atoms with Gasteiger partial charge in [0.2, 0.25) is 0 Å². The zero-order valence-electron chi connectivity index (χ0n) is 7.30. The Labute approximate surface area is 77.5 Å². The van der Waals surface area contributed by atoms with E-state index >= 15 is 0 Å². The predicted octanol–water partition coefficient (Wildman–Crippen LogP) is 1.92. The summed E-state index contributed by atoms with van der Waals surface area (Å²) in [5, 5.41) is 0.583. The SMILES string of the molecule is CN(C)C(=O)C1=CCCC=C1Cl. The minimum Gasteiger partial charge on any atom is -0.345 e. The topological polar surface area (TPSA) is 20.3 Å². The summed E-state index contributed by atoms with van der Waals surface area (Å²) in [5.74, 6) is -0.0176. The average molecular weight is 186 g/mol. The molecule has 0 fully saturated rings. The number of nitrogens with zero attached hydrogens (tertiary/aromatic N) is 1. The van der Waals surface area contributed by atoms with Gasteiger partial charge in [0.05, 0.1) is 5.57 Å². The Hall–Kier alpha value is -0.760. The van der Waals surface area contributed by atoms with E-state index in [-0.39, 0.29) is 5.91 Å². The first-order chi connectivity index (χ1) is 5.63. The van der Waals surface area contributed by atoms with Gasteiger partial charge in [-0.05, 0) is 12.8 Å². The van der Waals surface area contributed by atoms with Crippen LogP contribution in [0.3, 0.4) is 0 Å². The second-order valence-electron chi connectivity index (χ2n) is 2.95. The van der Waals surface area contributed by atoms with E-state index < -0.39 is 0 Å². The molecule has 3 heteroatoms. The molecule has 0 N–H and O–H groups in total. The predicted molar refractivity (Wildman–Crippen MR) is 49.9 cm³/mol. The lowest BCUT2D eigenvalue weighted by Gasteiger charge is -2.15. The molecule has 1 aliphatic carbocycles. The number of halogens is 1. The fourth-order valence-corrected chi connectivity index (χ4v) is 1.34. The molecule has 0 aromatic heterocycles. The highest BCUT2D eigenvalue weighted by molar-refractivity contribution is 6.35. The zero-order valence-corrected chi connectivity index (χ0v) is 8.06. The molecule has 12 heavy (non-hydrogen) atoms. The van der Waals surface area contributed by atoms with Gasteiger partial charge in [-0.1, -0.05) is 23.8 Å². The average Bonchev–Trinajstić information content (AvgIpc) is 2.04. The van der Waals surface area contributed by atoms with Crippen molar-refractivity contribution in [3.63, 3.8) is 0 Å². The number of likely N-dealkylation sites (N-methyl/N-ethyl adjacent to an activating group) is 1. The van der Waals surface area contributed by atoms with Crippen molar-refractivity contribution in [1.82, 2.24) is 4.90 Å². The summed E-state index contributed by atoms with van der Waals surface area (Å²) in [4.78, 5) is 13.0. The molecule has 0 heterocycles. The third-order valence-electron chi connectivity index (χ3n) is 1.73. The molecule has 2 nitrogen and oxygen atoms in total. The Bertz CT molecular complexity index is 253. The molecule has 0 bridgehead atoms. The number of carbonyl (C=O) groups is 1. The first-order valence-corrected chi connectivity index (χ1v) is 4.28. The van der Waals surface area contributed by atoms with Crippen LogP contribution in [0.1, 0.15) is 12.8 Å². The Morgan fingerprint density at radius 1 is 1.42 bits per heavy atom. The van der Waals surface area contributed by atoms with Crippen molar-refractivity contribution in [2.75, 3.05) is 14.1 Å². The van der Waals surface area contributed by atoms with Crippen LogP contribution in [0.25, 0.3) is 0 Å². The van der Waals surface area contributed by atoms with Crippen molar-refractivity contribution in [2.24, 2.45) is 0 Å². The summed E-state index contributed by atoms with van der Waals surface area (Å²) >= 11 is 5.87. The maximum atomic E-state index is 11.4. The normalized spacial score (nSPS) is 16.6. The Morgan fingerprint density at radius 2 is 2.00 bits per heavy atom. The van der Waals surface area contributed by atoms with E-state index in [4.69, 9.17) is 11.6 Å². The van der Waals surface area contributed by atoms with Gasteiger partial charge in [0.1, 0.15) is 0 Å². The van der Waals surface area contributed by atoms with Crippen molar-refractivity contribution < 1.29 is 4.79 Å². The van der Waals surface area contributed by atoms with Gasteiger partial charge in [-0.3, -0.25) is 4.79 Å². The molecule has 0 saturated carbocycles. The van der Waals surface area contributed by atoms with Gasteiger partial charge in [0, 0.05) is 19.1 Å². The van der Waals surface area contributed by atoms with Crippen LogP contribution in [-0.2, 0) is 4.79 Å². The van der Waals surface area contributed by atoms with Gasteiger partial charge >= 0.3 is 0 Å². The highest BCUT2D eigenvalue weighted by Gasteiger charge is 2.16. The maximum Gasteiger partial charge on any atom is 0.254 e. The van der Waals surface area contributed by atoms with E-state index in [2.05, 4.69) is 0 Å². The molecule has 1 aliphatic rings. The summed E-state index contributed by atoms with van der Waals surface area (Å²) in [5.41, 5.74) is 0.632. The summed E-state index contributed by atoms with van der Waals surface area (Å²) in [7, 11) is 3.45. The van der Waals surface area contributed by atoms with Crippen LogP contribution in [0.4, 0.5) is 0 Å². The molecule has 0 saturated heterocycles. The largest absolute Gasteiger partial charge is 0.345 e. The van der Waals surface area contributed by atoms with Gasteiger partial charge in [-0.2, -0.15) is 0 Å². The number of hydrogen-bond acceptors (Lipinski definition) is 1. The summed E-state index contributed by atoms with van der Waals surface area (Å²) < 4.78 is 0. The smallest absolute Gasteiger partial charge is 0.254 e. The van der Waals surface area contributed by atoms with E-state index in [1.54, 1.807) is 14.1 Å². The fraction of sp³-hybridized carbons (Fsp3) is 0.444. The van der Waals surface area contributed by atoms with Crippen molar-refractivity contribution in [3.8, 4) is 0 Å². The minimum absolute atomic E-state index is 0.0176. The number of hydrogen-bond donors (Lipinski definition) is 0. The minimum atomic E-state index is -0.0176. The monoisotopic (exact) mass is 185 g/mol. The van der Waals surface area contributed by atoms with E-state index in [0.29, 0.717) is 10.6 Å². The molecule has 0 aromatic carbocycles. The van der Waals surface area contributed by atoms with Crippen molar-refractivity contribution >= 4 is 17.5 Å². The van der Waals surface area contributed by atoms with E-state index in [1.165, 1.54) is 4.90 Å². The first-order valence-electron chi connectivity index (χ1n) is 3.90. The highest BCUT2D eigenvalue weighted by Crippen LogP contribution is 2.22. The van der Waals surface area contributed by atoms with Crippen LogP contribution in [-0.4, -0.2) is 24.9 Å². The molecule has 66 valence electrons. The van der Waals surface area contributed by atoms with E-state index in [9.17, 15) is 4.79 Å². The molecule has 0 spiro atoms. The lowest BCUT2D eigenvalue weighted by Crippen LogP contribution is -2.24. The highest BCUT2D eigenvalue weighted by atomic mass is 35.5. The molecule has 0 radical (unpaired) electrons. The lowest BCUT2D eigenvalue weighted by atomic mass is 10.1. The quantitative estimate of drug-likeness (QED) is 0.611. The van der Waals surface area contributed by atoms with Crippen LogP contribution in [0.2, 0.25) is 0 Å². The summed E-state index contributed by atoms with van der Waals surface area (Å²) in [6.45, 7) is 0. The third kappa shape index (κ3) is 1.89. The second kappa shape index (κ2) is 3.76. The van der Waals surface area contributed by atoms with Crippen LogP contribution in [0.5, 0.6) is 0 Å². The van der Waals surface area contributed by atoms with Crippen molar-refractivity contribution in [1.29, 1.82) is 0 Å². The number of allylic oxidation sites excluding steroid dienone is 2. The van der Waals surface area contributed by atoms with Crippen molar-refractivity contribution in [3.05, 3.63) is 22.8 Å². The third-order valence-corrected chi connectivity index (χ3v) is 2.09. The molecule has 1 amide bonds. The maximum absolute atomic E-state index is 11.4. The molecular formula is C9H12ClNO. The van der Waals surface area contributed by atoms with E-state index in [1.807, 2.05) is 12.2 Å². The van der Waals surface area contributed by atoms with Crippen LogP contribution in [0, 0.1) is 0 Å². The van der Waals surface area contributed by atoms with Crippen molar-refractivity contribution in [2.45, 2.75) is 12.8 Å². The Morgan fingerprint density at radius 3 is 2.50 bits per heavy atom. The molecule has 1 rings (SSSR count). The zero-order chi connectivity index (χ0) is 9.14. The molecule has 0 aromatic rings. The number of rotatable bonds is 1. The second-order valence-corrected chi connectivity index (χ2v) is 3.35. The van der Waals surface area contributed by atoms with Gasteiger partial charge in [0.15, 0.2) is 0 Å². The Kier molecular flexibility index (Phi) is 2.93. The number of carbonyl (C=O) groups excluding carboxylic acids is 1. The molecule has 0 aliphatic heterocycles.